The molecule has 0 spiro atoms. The van der Waals surface area contributed by atoms with Gasteiger partial charge in [0.05, 0.1) is 26.4 Å². The van der Waals surface area contributed by atoms with Gasteiger partial charge in [0.15, 0.2) is 0 Å². The number of carbonyl (C=O) groups excluding carboxylic acids is 4. The van der Waals surface area contributed by atoms with Crippen LogP contribution in [0.2, 0.25) is 0 Å². The third-order valence-corrected chi connectivity index (χ3v) is 7.86. The van der Waals surface area contributed by atoms with Crippen molar-refractivity contribution in [2.45, 2.75) is 24.2 Å². The maximum Gasteiger partial charge on any atom is 0.513 e. The molecule has 4 aromatic carbocycles. The first-order valence-corrected chi connectivity index (χ1v) is 17.4. The lowest BCUT2D eigenvalue weighted by Gasteiger charge is -2.07. The molecule has 0 saturated heterocycles. The Labute approximate surface area is 312 Å². The molecule has 268 valence electrons. The highest BCUT2D eigenvalue weighted by molar-refractivity contribution is 8.14. The zero-order valence-electron chi connectivity index (χ0n) is 28.8. The standard InChI is InChI=1S/C43H36O9S/c1-3-40(44)49-28-5-6-29-51-43(47)52-38-22-18-35(19-23-38)15-13-33-10-8-32(9-11-33)12-14-34-16-20-36(21-17-34)42(46)53-39-26-24-37(25-27-39)48-30-7-31-50-41(45)4-2/h3-4,8-11,16-27H,1-2,5-7,28-31H2. The number of hydrogen-bond acceptors (Lipinski definition) is 10. The van der Waals surface area contributed by atoms with Gasteiger partial charge >= 0.3 is 18.1 Å². The number of rotatable bonds is 15. The lowest BCUT2D eigenvalue weighted by molar-refractivity contribution is -0.138. The Hall–Kier alpha value is -6.49. The number of unbranched alkanes of at least 4 members (excludes halogenated alkanes) is 1. The van der Waals surface area contributed by atoms with E-state index in [4.69, 9.17) is 23.7 Å². The van der Waals surface area contributed by atoms with Gasteiger partial charge in [0.2, 0.25) is 5.12 Å². The van der Waals surface area contributed by atoms with E-state index in [1.165, 1.54) is 0 Å². The number of hydrogen-bond donors (Lipinski definition) is 0. The molecule has 0 heterocycles. The van der Waals surface area contributed by atoms with E-state index in [9.17, 15) is 19.2 Å². The summed E-state index contributed by atoms with van der Waals surface area (Å²) in [6.07, 6.45) is 3.03. The summed E-state index contributed by atoms with van der Waals surface area (Å²) < 4.78 is 25.6. The number of esters is 2. The van der Waals surface area contributed by atoms with Crippen LogP contribution in [-0.4, -0.2) is 49.6 Å². The summed E-state index contributed by atoms with van der Waals surface area (Å²) in [7, 11) is 0. The van der Waals surface area contributed by atoms with Crippen molar-refractivity contribution in [2.75, 3.05) is 26.4 Å². The zero-order valence-corrected chi connectivity index (χ0v) is 29.7. The highest BCUT2D eigenvalue weighted by Gasteiger charge is 2.09. The number of carbonyl (C=O) groups is 4. The van der Waals surface area contributed by atoms with E-state index in [0.29, 0.717) is 42.9 Å². The van der Waals surface area contributed by atoms with Crippen molar-refractivity contribution in [3.05, 3.63) is 150 Å². The van der Waals surface area contributed by atoms with E-state index in [1.54, 1.807) is 48.5 Å². The van der Waals surface area contributed by atoms with Crippen LogP contribution in [0.1, 0.15) is 51.9 Å². The summed E-state index contributed by atoms with van der Waals surface area (Å²) in [5, 5.41) is -0.0850. The highest BCUT2D eigenvalue weighted by Crippen LogP contribution is 2.25. The molecule has 10 heteroatoms. The van der Waals surface area contributed by atoms with Gasteiger partial charge in [0.25, 0.3) is 0 Å². The van der Waals surface area contributed by atoms with Crippen LogP contribution in [0.15, 0.2) is 127 Å². The Kier molecular flexibility index (Phi) is 16.1. The molecular formula is C43H36O9S. The van der Waals surface area contributed by atoms with Crippen molar-refractivity contribution >= 4 is 35.0 Å². The first-order valence-electron chi connectivity index (χ1n) is 16.5. The topological polar surface area (TPSA) is 114 Å². The van der Waals surface area contributed by atoms with Crippen LogP contribution in [0.5, 0.6) is 11.5 Å². The second-order valence-electron chi connectivity index (χ2n) is 10.9. The summed E-state index contributed by atoms with van der Waals surface area (Å²) in [6, 6.07) is 28.7. The van der Waals surface area contributed by atoms with Gasteiger partial charge in [-0.1, -0.05) is 36.8 Å². The fourth-order valence-corrected chi connectivity index (χ4v) is 4.93. The number of ether oxygens (including phenoxy) is 5. The van der Waals surface area contributed by atoms with Crippen molar-refractivity contribution in [3.63, 3.8) is 0 Å². The summed E-state index contributed by atoms with van der Waals surface area (Å²) >= 11 is 1.13. The van der Waals surface area contributed by atoms with Crippen molar-refractivity contribution in [3.8, 4) is 35.2 Å². The summed E-state index contributed by atoms with van der Waals surface area (Å²) in [4.78, 5) is 47.5. The predicted molar refractivity (Wildman–Crippen MR) is 202 cm³/mol. The molecule has 0 bridgehead atoms. The van der Waals surface area contributed by atoms with Gasteiger partial charge in [-0.15, -0.1) is 0 Å². The third-order valence-electron chi connectivity index (χ3n) is 6.94. The molecule has 0 unspecified atom stereocenters. The maximum absolute atomic E-state index is 12.8. The molecule has 0 saturated carbocycles. The van der Waals surface area contributed by atoms with Crippen LogP contribution < -0.4 is 9.47 Å². The fourth-order valence-electron chi connectivity index (χ4n) is 4.19. The van der Waals surface area contributed by atoms with E-state index < -0.39 is 18.1 Å². The molecule has 0 atom stereocenters. The molecule has 53 heavy (non-hydrogen) atoms. The molecule has 0 amide bonds. The van der Waals surface area contributed by atoms with E-state index in [2.05, 4.69) is 36.8 Å². The summed E-state index contributed by atoms with van der Waals surface area (Å²) in [6.45, 7) is 7.69. The Morgan fingerprint density at radius 3 is 1.47 bits per heavy atom. The Balaban J connectivity index is 1.18. The normalized spacial score (nSPS) is 9.89. The van der Waals surface area contributed by atoms with Gasteiger partial charge in [-0.05, 0) is 122 Å². The minimum absolute atomic E-state index is 0.0850. The van der Waals surface area contributed by atoms with Crippen LogP contribution in [0.4, 0.5) is 4.79 Å². The SMILES string of the molecule is C=CC(=O)OCCCCOC(=O)Oc1ccc(C#Cc2ccc(C#Cc3ccc(C(=O)Sc4ccc(OCCCOC(=O)C=C)cc4)cc3)cc2)cc1. The second kappa shape index (κ2) is 21.7. The van der Waals surface area contributed by atoms with Crippen molar-refractivity contribution in [2.24, 2.45) is 0 Å². The fraction of sp³-hybridized carbons (Fsp3) is 0.163. The monoisotopic (exact) mass is 728 g/mol. The Morgan fingerprint density at radius 1 is 0.528 bits per heavy atom. The lowest BCUT2D eigenvalue weighted by atomic mass is 10.1. The average Bonchev–Trinajstić information content (AvgIpc) is 3.19. The smallest absolute Gasteiger partial charge is 0.493 e. The van der Waals surface area contributed by atoms with Crippen LogP contribution in [-0.2, 0) is 23.8 Å². The van der Waals surface area contributed by atoms with Crippen molar-refractivity contribution < 1.29 is 42.9 Å². The van der Waals surface area contributed by atoms with Gasteiger partial charge in [-0.2, -0.15) is 0 Å². The third kappa shape index (κ3) is 14.7. The highest BCUT2D eigenvalue weighted by atomic mass is 32.2. The summed E-state index contributed by atoms with van der Waals surface area (Å²) in [5.41, 5.74) is 3.71. The first kappa shape index (κ1) is 39.3. The van der Waals surface area contributed by atoms with E-state index in [0.717, 1.165) is 51.1 Å². The molecule has 4 aromatic rings. The Morgan fingerprint density at radius 2 is 0.962 bits per heavy atom. The second-order valence-corrected chi connectivity index (χ2v) is 11.9. The Bertz CT molecular complexity index is 1990. The molecule has 0 aliphatic heterocycles. The lowest BCUT2D eigenvalue weighted by Crippen LogP contribution is -2.12. The quantitative estimate of drug-likeness (QED) is 0.0227. The minimum Gasteiger partial charge on any atom is -0.493 e. The van der Waals surface area contributed by atoms with Crippen LogP contribution >= 0.6 is 11.8 Å². The van der Waals surface area contributed by atoms with E-state index >= 15 is 0 Å². The van der Waals surface area contributed by atoms with Gasteiger partial charge in [0, 0.05) is 51.3 Å². The molecule has 0 fully saturated rings. The predicted octanol–water partition coefficient (Wildman–Crippen LogP) is 7.94. The molecule has 4 rings (SSSR count). The van der Waals surface area contributed by atoms with Crippen molar-refractivity contribution in [1.29, 1.82) is 0 Å². The molecule has 0 aromatic heterocycles. The first-order chi connectivity index (χ1) is 25.8. The molecule has 0 aliphatic rings. The average molecular weight is 729 g/mol. The van der Waals surface area contributed by atoms with Gasteiger partial charge in [-0.3, -0.25) is 4.79 Å². The van der Waals surface area contributed by atoms with Crippen LogP contribution in [0.3, 0.4) is 0 Å². The molecule has 0 radical (unpaired) electrons. The minimum atomic E-state index is -0.816. The number of benzene rings is 4. The van der Waals surface area contributed by atoms with E-state index in [-0.39, 0.29) is 24.9 Å². The van der Waals surface area contributed by atoms with Crippen molar-refractivity contribution in [1.82, 2.24) is 0 Å². The van der Waals surface area contributed by atoms with Gasteiger partial charge in [0.1, 0.15) is 11.5 Å². The molecular weight excluding hydrogens is 693 g/mol. The maximum atomic E-state index is 12.8. The molecule has 0 N–H and O–H groups in total. The van der Waals surface area contributed by atoms with Crippen LogP contribution in [0.25, 0.3) is 0 Å². The van der Waals surface area contributed by atoms with Gasteiger partial charge < -0.3 is 23.7 Å². The summed E-state index contributed by atoms with van der Waals surface area (Å²) in [5.74, 6) is 12.5. The van der Waals surface area contributed by atoms with Gasteiger partial charge in [-0.25, -0.2) is 14.4 Å². The van der Waals surface area contributed by atoms with Crippen LogP contribution in [0, 0.1) is 23.7 Å². The largest absolute Gasteiger partial charge is 0.513 e. The molecule has 9 nitrogen and oxygen atoms in total. The zero-order chi connectivity index (χ0) is 37.7. The molecule has 0 aliphatic carbocycles. The van der Waals surface area contributed by atoms with E-state index in [1.807, 2.05) is 48.5 Å². The number of thioether (sulfide) groups is 1.